The Morgan fingerprint density at radius 2 is 1.92 bits per heavy atom. The van der Waals surface area contributed by atoms with Crippen molar-refractivity contribution in [2.24, 2.45) is 0 Å². The first kappa shape index (κ1) is 17.2. The van der Waals surface area contributed by atoms with Gasteiger partial charge in [-0.05, 0) is 23.8 Å². The molecule has 2 aromatic carbocycles. The maximum absolute atomic E-state index is 12.9. The molecule has 0 spiro atoms. The van der Waals surface area contributed by atoms with Crippen molar-refractivity contribution < 1.29 is 13.3 Å². The minimum Gasteiger partial charge on any atom is -0.258 e. The fourth-order valence-corrected chi connectivity index (χ4v) is 5.95. The number of thioether (sulfide) groups is 1. The van der Waals surface area contributed by atoms with Crippen molar-refractivity contribution in [3.05, 3.63) is 69.2 Å². The second-order valence-corrected chi connectivity index (χ2v) is 8.61. The van der Waals surface area contributed by atoms with Crippen molar-refractivity contribution in [1.82, 2.24) is 4.31 Å². The van der Waals surface area contributed by atoms with Crippen LogP contribution in [-0.2, 0) is 10.0 Å². The molecule has 0 bridgehead atoms. The molecular weight excluding hydrogens is 372 g/mol. The third-order valence-corrected chi connectivity index (χ3v) is 7.24. The molecule has 1 fully saturated rings. The fraction of sp³-hybridized carbons (Fsp3) is 0.200. The number of nitro benzene ring substituents is 1. The molecule has 0 N–H and O–H groups in total. The number of sulfonamides is 1. The highest BCUT2D eigenvalue weighted by Gasteiger charge is 2.37. The molecule has 3 rings (SSSR count). The summed E-state index contributed by atoms with van der Waals surface area (Å²) in [6.45, 7) is 0.350. The monoisotopic (exact) mass is 384 g/mol. The molecule has 0 saturated carbocycles. The van der Waals surface area contributed by atoms with E-state index in [9.17, 15) is 18.5 Å². The zero-order valence-corrected chi connectivity index (χ0v) is 14.7. The van der Waals surface area contributed by atoms with Crippen LogP contribution in [0.2, 0.25) is 5.02 Å². The lowest BCUT2D eigenvalue weighted by molar-refractivity contribution is -0.384. The van der Waals surface area contributed by atoms with Crippen molar-refractivity contribution in [3.8, 4) is 0 Å². The smallest absolute Gasteiger partial charge is 0.258 e. The fourth-order valence-electron chi connectivity index (χ4n) is 2.51. The molecule has 1 saturated heterocycles. The summed E-state index contributed by atoms with van der Waals surface area (Å²) in [6.07, 6.45) is 0. The molecule has 0 aliphatic carbocycles. The van der Waals surface area contributed by atoms with Gasteiger partial charge in [0.15, 0.2) is 0 Å². The molecule has 0 unspecified atom stereocenters. The van der Waals surface area contributed by atoms with Gasteiger partial charge in [0.1, 0.15) is 5.02 Å². The maximum atomic E-state index is 12.9. The number of rotatable bonds is 4. The molecule has 6 nitrogen and oxygen atoms in total. The van der Waals surface area contributed by atoms with Gasteiger partial charge >= 0.3 is 0 Å². The van der Waals surface area contributed by atoms with Crippen molar-refractivity contribution in [2.45, 2.75) is 10.3 Å². The largest absolute Gasteiger partial charge is 0.288 e. The summed E-state index contributed by atoms with van der Waals surface area (Å²) in [4.78, 5) is 10.7. The van der Waals surface area contributed by atoms with E-state index in [1.54, 1.807) is 36.4 Å². The molecule has 9 heteroatoms. The van der Waals surface area contributed by atoms with E-state index in [0.717, 1.165) is 0 Å². The van der Waals surface area contributed by atoms with Crippen molar-refractivity contribution in [3.63, 3.8) is 0 Å². The van der Waals surface area contributed by atoms with Crippen LogP contribution in [0.4, 0.5) is 5.69 Å². The van der Waals surface area contributed by atoms with Crippen LogP contribution >= 0.6 is 23.4 Å². The predicted molar refractivity (Wildman–Crippen MR) is 93.6 cm³/mol. The van der Waals surface area contributed by atoms with Gasteiger partial charge in [-0.3, -0.25) is 10.1 Å². The highest BCUT2D eigenvalue weighted by atomic mass is 35.5. The first-order chi connectivity index (χ1) is 11.4. The number of nitro groups is 1. The Kier molecular flexibility index (Phi) is 4.82. The molecule has 1 aliphatic heterocycles. The average Bonchev–Trinajstić information content (AvgIpc) is 3.06. The van der Waals surface area contributed by atoms with Gasteiger partial charge in [0, 0.05) is 18.4 Å². The lowest BCUT2D eigenvalue weighted by Gasteiger charge is -2.23. The Bertz CT molecular complexity index is 874. The number of nitrogens with zero attached hydrogens (tertiary/aromatic N) is 2. The molecule has 0 radical (unpaired) electrons. The van der Waals surface area contributed by atoms with Gasteiger partial charge in [-0.1, -0.05) is 35.9 Å². The lowest BCUT2D eigenvalue weighted by atomic mass is 10.2. The van der Waals surface area contributed by atoms with E-state index < -0.39 is 20.3 Å². The van der Waals surface area contributed by atoms with Crippen LogP contribution in [0, 0.1) is 10.1 Å². The van der Waals surface area contributed by atoms with E-state index in [1.807, 2.05) is 0 Å². The molecule has 24 heavy (non-hydrogen) atoms. The van der Waals surface area contributed by atoms with Crippen LogP contribution in [0.5, 0.6) is 0 Å². The zero-order chi connectivity index (χ0) is 17.3. The third kappa shape index (κ3) is 3.14. The van der Waals surface area contributed by atoms with Crippen LogP contribution in [0.15, 0.2) is 53.4 Å². The highest BCUT2D eigenvalue weighted by molar-refractivity contribution is 8.01. The first-order valence-corrected chi connectivity index (χ1v) is 9.90. The second-order valence-electron chi connectivity index (χ2n) is 5.12. The summed E-state index contributed by atoms with van der Waals surface area (Å²) in [5, 5.41) is 10.6. The Labute approximate surface area is 148 Å². The van der Waals surface area contributed by atoms with Crippen LogP contribution in [0.1, 0.15) is 10.9 Å². The van der Waals surface area contributed by atoms with Crippen molar-refractivity contribution in [2.75, 3.05) is 12.3 Å². The van der Waals surface area contributed by atoms with Crippen LogP contribution in [-0.4, -0.2) is 29.9 Å². The number of hydrogen-bond acceptors (Lipinski definition) is 5. The minimum atomic E-state index is -3.67. The quantitative estimate of drug-likeness (QED) is 0.593. The van der Waals surface area contributed by atoms with Crippen LogP contribution in [0.3, 0.4) is 0 Å². The van der Waals surface area contributed by atoms with Gasteiger partial charge < -0.3 is 0 Å². The highest BCUT2D eigenvalue weighted by Crippen LogP contribution is 2.43. The third-order valence-electron chi connectivity index (χ3n) is 3.65. The summed E-state index contributed by atoms with van der Waals surface area (Å²) in [6, 6.07) is 12.6. The SMILES string of the molecule is O=[N+]([O-])c1cc([C@@H]2SCCN2S(=O)(=O)c2ccccc2)ccc1Cl. The van der Waals surface area contributed by atoms with E-state index >= 15 is 0 Å². The summed E-state index contributed by atoms with van der Waals surface area (Å²) in [5.74, 6) is 0.618. The molecule has 1 atom stereocenters. The van der Waals surface area contributed by atoms with Crippen LogP contribution < -0.4 is 0 Å². The van der Waals surface area contributed by atoms with E-state index in [4.69, 9.17) is 11.6 Å². The van der Waals surface area contributed by atoms with E-state index in [-0.39, 0.29) is 15.6 Å². The Morgan fingerprint density at radius 1 is 1.21 bits per heavy atom. The summed E-state index contributed by atoms with van der Waals surface area (Å²) < 4.78 is 27.1. The van der Waals surface area contributed by atoms with Gasteiger partial charge in [0.25, 0.3) is 5.69 Å². The Hall–Kier alpha value is -1.61. The minimum absolute atomic E-state index is 0.0317. The molecule has 1 aliphatic rings. The zero-order valence-electron chi connectivity index (χ0n) is 12.3. The molecule has 0 aromatic heterocycles. The Balaban J connectivity index is 2.00. The van der Waals surface area contributed by atoms with Crippen molar-refractivity contribution in [1.29, 1.82) is 0 Å². The molecule has 1 heterocycles. The topological polar surface area (TPSA) is 80.5 Å². The Morgan fingerprint density at radius 3 is 2.58 bits per heavy atom. The number of hydrogen-bond donors (Lipinski definition) is 0. The van der Waals surface area contributed by atoms with Gasteiger partial charge in [0.2, 0.25) is 10.0 Å². The van der Waals surface area contributed by atoms with Gasteiger partial charge in [-0.2, -0.15) is 4.31 Å². The molecule has 0 amide bonds. The summed E-state index contributed by atoms with van der Waals surface area (Å²) in [5.41, 5.74) is 0.326. The molecule has 126 valence electrons. The maximum Gasteiger partial charge on any atom is 0.288 e. The van der Waals surface area contributed by atoms with E-state index in [2.05, 4.69) is 0 Å². The second kappa shape index (κ2) is 6.72. The molecular formula is C15H13ClN2O4S2. The van der Waals surface area contributed by atoms with Gasteiger partial charge in [-0.15, -0.1) is 11.8 Å². The lowest BCUT2D eigenvalue weighted by Crippen LogP contribution is -2.30. The van der Waals surface area contributed by atoms with E-state index in [1.165, 1.54) is 28.2 Å². The number of benzene rings is 2. The van der Waals surface area contributed by atoms with E-state index in [0.29, 0.717) is 17.9 Å². The molecule has 2 aromatic rings. The predicted octanol–water partition coefficient (Wildman–Crippen LogP) is 3.68. The standard InChI is InChI=1S/C15H13ClN2O4S2/c16-13-7-6-11(10-14(13)18(19)20)15-17(8-9-23-15)24(21,22)12-4-2-1-3-5-12/h1-7,10,15H,8-9H2/t15-/m0/s1. The van der Waals surface area contributed by atoms with Gasteiger partial charge in [-0.25, -0.2) is 8.42 Å². The normalized spacial score (nSPS) is 18.6. The van der Waals surface area contributed by atoms with Crippen molar-refractivity contribution >= 4 is 39.1 Å². The van der Waals surface area contributed by atoms with Gasteiger partial charge in [0.05, 0.1) is 15.2 Å². The first-order valence-electron chi connectivity index (χ1n) is 7.03. The number of halogens is 1. The average molecular weight is 385 g/mol. The summed E-state index contributed by atoms with van der Waals surface area (Å²) in [7, 11) is -3.67. The summed E-state index contributed by atoms with van der Waals surface area (Å²) >= 11 is 7.27. The van der Waals surface area contributed by atoms with Crippen LogP contribution in [0.25, 0.3) is 0 Å².